The molecule has 0 atom stereocenters. The van der Waals surface area contributed by atoms with E-state index in [1.54, 1.807) is 78.9 Å². The van der Waals surface area contributed by atoms with Gasteiger partial charge < -0.3 is 24.8 Å². The van der Waals surface area contributed by atoms with Crippen LogP contribution in [0.2, 0.25) is 20.1 Å². The van der Waals surface area contributed by atoms with Gasteiger partial charge in [-0.1, -0.05) is 107 Å². The molecule has 0 aliphatic rings. The molecule has 9 nitrogen and oxygen atoms in total. The Hall–Kier alpha value is -5.84. The summed E-state index contributed by atoms with van der Waals surface area (Å²) < 4.78 is 16.7. The molecule has 0 bridgehead atoms. The largest absolute Gasteiger partial charge is 0.489 e. The molecular weight excluding hydrogens is 810 g/mol. The fraction of sp³-hybridized carbons (Fsp3) is 0.0909. The summed E-state index contributed by atoms with van der Waals surface area (Å²) in [4.78, 5) is 51.4. The van der Waals surface area contributed by atoms with Crippen LogP contribution >= 0.6 is 46.4 Å². The average molecular weight is 843 g/mol. The molecule has 288 valence electrons. The van der Waals surface area contributed by atoms with E-state index in [9.17, 15) is 19.2 Å². The van der Waals surface area contributed by atoms with Crippen molar-refractivity contribution >= 4 is 81.5 Å². The summed E-state index contributed by atoms with van der Waals surface area (Å²) in [6.07, 6.45) is -0.433. The van der Waals surface area contributed by atoms with Crippen LogP contribution in [0.4, 0.5) is 11.4 Å². The Kier molecular flexibility index (Phi) is 13.9. The van der Waals surface area contributed by atoms with Gasteiger partial charge in [-0.3, -0.25) is 19.2 Å². The molecule has 0 aromatic heterocycles. The van der Waals surface area contributed by atoms with Gasteiger partial charge in [0.2, 0.25) is 0 Å². The molecule has 0 aliphatic carbocycles. The second kappa shape index (κ2) is 19.3. The smallest absolute Gasteiger partial charge is 0.317 e. The third kappa shape index (κ3) is 11.8. The summed E-state index contributed by atoms with van der Waals surface area (Å²) in [5.74, 6) is -1.60. The van der Waals surface area contributed by atoms with Crippen molar-refractivity contribution in [2.24, 2.45) is 0 Å². The number of carbonyl (C=O) groups excluding carboxylic acids is 4. The maximum absolute atomic E-state index is 13.1. The third-order valence-corrected chi connectivity index (χ3v) is 9.53. The zero-order chi connectivity index (χ0) is 40.3. The molecule has 0 radical (unpaired) electrons. The number of carbonyl (C=O) groups is 4. The van der Waals surface area contributed by atoms with Gasteiger partial charge in [-0.15, -0.1) is 0 Å². The predicted octanol–water partition coefficient (Wildman–Crippen LogP) is 10.8. The predicted molar refractivity (Wildman–Crippen MR) is 222 cm³/mol. The van der Waals surface area contributed by atoms with Crippen molar-refractivity contribution in [3.05, 3.63) is 187 Å². The molecule has 0 saturated carbocycles. The van der Waals surface area contributed by atoms with Crippen molar-refractivity contribution in [2.75, 3.05) is 10.6 Å². The van der Waals surface area contributed by atoms with Crippen LogP contribution in [0.1, 0.15) is 43.0 Å². The van der Waals surface area contributed by atoms with E-state index in [4.69, 9.17) is 60.6 Å². The molecule has 0 aliphatic heterocycles. The van der Waals surface area contributed by atoms with E-state index in [-0.39, 0.29) is 51.3 Å². The highest BCUT2D eigenvalue weighted by atomic mass is 35.5. The summed E-state index contributed by atoms with van der Waals surface area (Å²) in [7, 11) is 0. The summed E-state index contributed by atoms with van der Waals surface area (Å²) in [5.41, 5.74) is 3.99. The van der Waals surface area contributed by atoms with Gasteiger partial charge in [-0.2, -0.15) is 0 Å². The van der Waals surface area contributed by atoms with E-state index in [0.29, 0.717) is 39.9 Å². The van der Waals surface area contributed by atoms with Gasteiger partial charge in [0, 0.05) is 10.7 Å². The Morgan fingerprint density at radius 2 is 1.04 bits per heavy atom. The Morgan fingerprint density at radius 1 is 0.474 bits per heavy atom. The Balaban J connectivity index is 0.967. The summed E-state index contributed by atoms with van der Waals surface area (Å²) >= 11 is 25.1. The molecule has 6 aromatic rings. The summed E-state index contributed by atoms with van der Waals surface area (Å²) in [6, 6.07) is 37.5. The molecular formula is C44H32Cl4N2O7. The molecule has 2 N–H and O–H groups in total. The Morgan fingerprint density at radius 3 is 1.65 bits per heavy atom. The highest BCUT2D eigenvalue weighted by molar-refractivity contribution is 6.36. The number of anilines is 2. The quantitative estimate of drug-likeness (QED) is 0.0827. The van der Waals surface area contributed by atoms with E-state index in [2.05, 4.69) is 10.6 Å². The van der Waals surface area contributed by atoms with Gasteiger partial charge >= 0.3 is 11.9 Å². The highest BCUT2D eigenvalue weighted by Crippen LogP contribution is 2.28. The zero-order valence-electron chi connectivity index (χ0n) is 29.9. The lowest BCUT2D eigenvalue weighted by Crippen LogP contribution is -2.17. The number of halogens is 4. The fourth-order valence-electron chi connectivity index (χ4n) is 5.47. The first-order chi connectivity index (χ1) is 27.5. The monoisotopic (exact) mass is 840 g/mol. The molecule has 0 fully saturated rings. The molecule has 0 heterocycles. The van der Waals surface area contributed by atoms with E-state index < -0.39 is 23.8 Å². The van der Waals surface area contributed by atoms with Crippen LogP contribution < -0.4 is 20.1 Å². The number of rotatable bonds is 14. The van der Waals surface area contributed by atoms with E-state index >= 15 is 0 Å². The van der Waals surface area contributed by atoms with Crippen molar-refractivity contribution in [3.63, 3.8) is 0 Å². The van der Waals surface area contributed by atoms with Crippen molar-refractivity contribution in [3.8, 4) is 11.5 Å². The van der Waals surface area contributed by atoms with Crippen LogP contribution in [-0.2, 0) is 40.4 Å². The molecule has 2 amide bonds. The number of ether oxygens (including phenoxy) is 3. The SMILES string of the molecule is O=C(Cc1ccc(NC(=O)c2cc(OCc3cccc(Cl)c3)ccc2Cl)cc1)OC(=O)Cc1ccc(NC(=O)c2cc(OCc3ccccc3)ccc2Cl)c(Cl)c1. The van der Waals surface area contributed by atoms with Gasteiger partial charge in [0.05, 0.1) is 44.7 Å². The van der Waals surface area contributed by atoms with Gasteiger partial charge in [-0.25, -0.2) is 0 Å². The van der Waals surface area contributed by atoms with Crippen LogP contribution in [0.15, 0.2) is 133 Å². The third-order valence-electron chi connectivity index (χ3n) is 8.33. The first kappa shape index (κ1) is 40.8. The minimum atomic E-state index is -0.786. The van der Waals surface area contributed by atoms with E-state index in [0.717, 1.165) is 11.1 Å². The van der Waals surface area contributed by atoms with Crippen LogP contribution in [-0.4, -0.2) is 23.8 Å². The van der Waals surface area contributed by atoms with Crippen molar-refractivity contribution in [2.45, 2.75) is 26.1 Å². The molecule has 57 heavy (non-hydrogen) atoms. The number of amides is 2. The topological polar surface area (TPSA) is 120 Å². The Bertz CT molecular complexity index is 2430. The molecule has 6 aromatic carbocycles. The number of esters is 2. The standard InChI is InChI=1S/C44H32Cl4N2O7/c45-31-8-4-7-30(19-31)26-56-34-15-16-37(46)35(23-34)43(53)49-32-12-9-27(10-13-32)21-41(51)57-42(52)22-29-11-18-40(39(48)20-29)50-44(54)36-24-33(14-17-38(36)47)55-25-28-5-2-1-3-6-28/h1-20,23-24H,21-22,25-26H2,(H,49,53)(H,50,54). The van der Waals surface area contributed by atoms with Gasteiger partial charge in [-0.05, 0) is 95.1 Å². The second-order valence-electron chi connectivity index (χ2n) is 12.6. The molecule has 13 heteroatoms. The maximum Gasteiger partial charge on any atom is 0.317 e. The number of hydrogen-bond donors (Lipinski definition) is 2. The van der Waals surface area contributed by atoms with Crippen LogP contribution in [0, 0.1) is 0 Å². The normalized spacial score (nSPS) is 10.7. The maximum atomic E-state index is 13.1. The average Bonchev–Trinajstić information content (AvgIpc) is 3.19. The van der Waals surface area contributed by atoms with E-state index in [1.807, 2.05) is 42.5 Å². The first-order valence-corrected chi connectivity index (χ1v) is 18.9. The van der Waals surface area contributed by atoms with Crippen LogP contribution in [0.3, 0.4) is 0 Å². The number of benzene rings is 6. The van der Waals surface area contributed by atoms with Crippen molar-refractivity contribution in [1.82, 2.24) is 0 Å². The van der Waals surface area contributed by atoms with Crippen molar-refractivity contribution in [1.29, 1.82) is 0 Å². The van der Waals surface area contributed by atoms with Crippen molar-refractivity contribution < 1.29 is 33.4 Å². The number of nitrogens with one attached hydrogen (secondary N) is 2. The first-order valence-electron chi connectivity index (χ1n) is 17.4. The summed E-state index contributed by atoms with van der Waals surface area (Å²) in [5, 5.41) is 6.73. The van der Waals surface area contributed by atoms with Gasteiger partial charge in [0.15, 0.2) is 0 Å². The van der Waals surface area contributed by atoms with Crippen LogP contribution in [0.25, 0.3) is 0 Å². The summed E-state index contributed by atoms with van der Waals surface area (Å²) in [6.45, 7) is 0.568. The van der Waals surface area contributed by atoms with Crippen LogP contribution in [0.5, 0.6) is 11.5 Å². The second-order valence-corrected chi connectivity index (χ2v) is 14.3. The minimum absolute atomic E-state index is 0.164. The molecule has 6 rings (SSSR count). The molecule has 0 unspecified atom stereocenters. The minimum Gasteiger partial charge on any atom is -0.489 e. The Labute approximate surface area is 348 Å². The lowest BCUT2D eigenvalue weighted by molar-refractivity contribution is -0.158. The molecule has 0 spiro atoms. The lowest BCUT2D eigenvalue weighted by atomic mass is 10.1. The highest BCUT2D eigenvalue weighted by Gasteiger charge is 2.17. The van der Waals surface area contributed by atoms with E-state index in [1.165, 1.54) is 12.1 Å². The van der Waals surface area contributed by atoms with Gasteiger partial charge in [0.1, 0.15) is 24.7 Å². The fourth-order valence-corrected chi connectivity index (χ4v) is 6.34. The number of hydrogen-bond acceptors (Lipinski definition) is 7. The van der Waals surface area contributed by atoms with Gasteiger partial charge in [0.25, 0.3) is 11.8 Å². The zero-order valence-corrected chi connectivity index (χ0v) is 32.9. The molecule has 0 saturated heterocycles. The lowest BCUT2D eigenvalue weighted by Gasteiger charge is -2.12.